The third kappa shape index (κ3) is 9.82. The van der Waals surface area contributed by atoms with Gasteiger partial charge in [-0.1, -0.05) is 0 Å². The van der Waals surface area contributed by atoms with Gasteiger partial charge in [0.15, 0.2) is 5.13 Å². The van der Waals surface area contributed by atoms with Gasteiger partial charge in [-0.3, -0.25) is 14.5 Å². The number of hydrogen-bond donors (Lipinski definition) is 3. The second kappa shape index (κ2) is 15.8. The molecule has 1 aromatic heterocycles. The minimum Gasteiger partial charge on any atom is -0.497 e. The lowest BCUT2D eigenvalue weighted by Gasteiger charge is -2.31. The highest BCUT2D eigenvalue weighted by Crippen LogP contribution is 2.26. The topological polar surface area (TPSA) is 134 Å². The van der Waals surface area contributed by atoms with Crippen molar-refractivity contribution in [3.63, 3.8) is 0 Å². The lowest BCUT2D eigenvalue weighted by Crippen LogP contribution is -2.48. The molecule has 0 aliphatic carbocycles. The zero-order valence-electron chi connectivity index (χ0n) is 22.9. The molecule has 3 atom stereocenters. The van der Waals surface area contributed by atoms with Crippen molar-refractivity contribution in [1.29, 1.82) is 0 Å². The van der Waals surface area contributed by atoms with E-state index in [0.29, 0.717) is 37.8 Å². The van der Waals surface area contributed by atoms with Crippen LogP contribution in [0.3, 0.4) is 0 Å². The van der Waals surface area contributed by atoms with Gasteiger partial charge < -0.3 is 34.6 Å². The predicted octanol–water partition coefficient (Wildman–Crippen LogP) is 1.85. The van der Waals surface area contributed by atoms with E-state index in [0.717, 1.165) is 29.8 Å². The van der Waals surface area contributed by atoms with Crippen molar-refractivity contribution in [3.8, 4) is 17.0 Å². The molecule has 1 saturated heterocycles. The maximum Gasteiger partial charge on any atom is 0.240 e. The van der Waals surface area contributed by atoms with Gasteiger partial charge in [0.1, 0.15) is 24.1 Å². The van der Waals surface area contributed by atoms with E-state index in [4.69, 9.17) is 14.2 Å². The van der Waals surface area contributed by atoms with E-state index >= 15 is 0 Å². The third-order valence-corrected chi connectivity index (χ3v) is 7.39. The average molecular weight is 565 g/mol. The van der Waals surface area contributed by atoms with Crippen molar-refractivity contribution in [1.82, 2.24) is 14.8 Å². The summed E-state index contributed by atoms with van der Waals surface area (Å²) in [6.07, 6.45) is -0.880. The molecular formula is C27H40N4O7S. The number of thiazole rings is 1. The normalized spacial score (nSPS) is 22.5. The molecule has 11 nitrogen and oxygen atoms in total. The Bertz CT molecular complexity index is 1040. The number of amides is 2. The van der Waals surface area contributed by atoms with Gasteiger partial charge >= 0.3 is 0 Å². The first-order chi connectivity index (χ1) is 18.8. The fraction of sp³-hybridized carbons (Fsp3) is 0.593. The molecule has 0 bridgehead atoms. The van der Waals surface area contributed by atoms with Crippen molar-refractivity contribution < 1.29 is 34.0 Å². The highest BCUT2D eigenvalue weighted by atomic mass is 32.1. The number of anilines is 1. The summed E-state index contributed by atoms with van der Waals surface area (Å²) in [5.41, 5.74) is 1.72. The summed E-state index contributed by atoms with van der Waals surface area (Å²) in [6, 6.07) is 7.58. The lowest BCUT2D eigenvalue weighted by molar-refractivity contribution is -0.136. The number of nitrogens with zero attached hydrogens (tertiary/aromatic N) is 3. The zero-order chi connectivity index (χ0) is 28.2. The van der Waals surface area contributed by atoms with E-state index in [-0.39, 0.29) is 31.5 Å². The quantitative estimate of drug-likeness (QED) is 0.481. The molecule has 39 heavy (non-hydrogen) atoms. The third-order valence-electron chi connectivity index (χ3n) is 6.63. The van der Waals surface area contributed by atoms with Crippen LogP contribution >= 0.6 is 11.3 Å². The summed E-state index contributed by atoms with van der Waals surface area (Å²) < 4.78 is 16.1. The fourth-order valence-corrected chi connectivity index (χ4v) is 5.08. The molecule has 3 rings (SSSR count). The molecule has 2 heterocycles. The Hall–Kier alpha value is -2.61. The molecule has 0 unspecified atom stereocenters. The first-order valence-corrected chi connectivity index (χ1v) is 14.0. The van der Waals surface area contributed by atoms with Gasteiger partial charge in [0, 0.05) is 51.2 Å². The van der Waals surface area contributed by atoms with Crippen molar-refractivity contribution in [2.24, 2.45) is 0 Å². The van der Waals surface area contributed by atoms with Crippen LogP contribution in [-0.4, -0.2) is 115 Å². The molecule has 3 N–H and O–H groups in total. The van der Waals surface area contributed by atoms with Gasteiger partial charge in [-0.15, -0.1) is 11.3 Å². The summed E-state index contributed by atoms with van der Waals surface area (Å²) in [6.45, 7) is 3.92. The SMILES string of the molecule is COc1ccc(-c2csc(NC(=O)CN3CCCCOC[C@H](O)[C@H](O)[C@@H](OC)CN(C(C)=O)CCC3)n2)cc1. The number of ether oxygens (including phenoxy) is 3. The van der Waals surface area contributed by atoms with Gasteiger partial charge in [0.05, 0.1) is 26.0 Å². The molecular weight excluding hydrogens is 524 g/mol. The molecule has 1 fully saturated rings. The summed E-state index contributed by atoms with van der Waals surface area (Å²) in [7, 11) is 3.06. The number of methoxy groups -OCH3 is 2. The second-order valence-electron chi connectivity index (χ2n) is 9.52. The number of hydrogen-bond acceptors (Lipinski definition) is 10. The molecule has 12 heteroatoms. The molecule has 0 saturated carbocycles. The van der Waals surface area contributed by atoms with E-state index < -0.39 is 18.3 Å². The van der Waals surface area contributed by atoms with Gasteiger partial charge in [-0.05, 0) is 50.1 Å². The lowest BCUT2D eigenvalue weighted by atomic mass is 10.1. The number of carbonyl (C=O) groups is 2. The Morgan fingerprint density at radius 1 is 1.13 bits per heavy atom. The van der Waals surface area contributed by atoms with Crippen LogP contribution in [-0.2, 0) is 19.1 Å². The van der Waals surface area contributed by atoms with Gasteiger partial charge in [0.2, 0.25) is 11.8 Å². The number of benzene rings is 1. The van der Waals surface area contributed by atoms with Crippen LogP contribution in [0, 0.1) is 0 Å². The standard InChI is InChI=1S/C27H40N4O7S/c1-19(32)31-13-6-12-30(11-4-5-14-38-17-23(33)26(35)24(15-31)37-3)16-25(34)29-27-28-22(18-39-27)20-7-9-21(36-2)10-8-20/h7-10,18,23-24,26,33,35H,4-6,11-17H2,1-3H3,(H,28,29,34)/t23-,24-,26-/m0/s1. The first kappa shape index (κ1) is 30.9. The van der Waals surface area contributed by atoms with Crippen LogP contribution in [0.5, 0.6) is 5.75 Å². The maximum absolute atomic E-state index is 12.9. The van der Waals surface area contributed by atoms with Gasteiger partial charge in [0.25, 0.3) is 0 Å². The summed E-state index contributed by atoms with van der Waals surface area (Å²) in [4.78, 5) is 33.4. The zero-order valence-corrected chi connectivity index (χ0v) is 23.7. The van der Waals surface area contributed by atoms with E-state index in [1.165, 1.54) is 25.4 Å². The largest absolute Gasteiger partial charge is 0.497 e. The molecule has 1 aliphatic rings. The average Bonchev–Trinajstić information content (AvgIpc) is 3.39. The number of carbonyl (C=O) groups excluding carboxylic acids is 2. The van der Waals surface area contributed by atoms with E-state index in [2.05, 4.69) is 15.2 Å². The Morgan fingerprint density at radius 2 is 1.87 bits per heavy atom. The van der Waals surface area contributed by atoms with Crippen molar-refractivity contribution in [2.45, 2.75) is 44.5 Å². The van der Waals surface area contributed by atoms with Crippen molar-refractivity contribution in [3.05, 3.63) is 29.6 Å². The van der Waals surface area contributed by atoms with Gasteiger partial charge in [-0.2, -0.15) is 0 Å². The smallest absolute Gasteiger partial charge is 0.240 e. The van der Waals surface area contributed by atoms with Gasteiger partial charge in [-0.25, -0.2) is 4.98 Å². The van der Waals surface area contributed by atoms with Crippen LogP contribution < -0.4 is 10.1 Å². The summed E-state index contributed by atoms with van der Waals surface area (Å²) in [5.74, 6) is 0.455. The van der Waals surface area contributed by atoms with Crippen LogP contribution in [0.2, 0.25) is 0 Å². The Labute approximate surface area is 233 Å². The molecule has 0 radical (unpaired) electrons. The molecule has 1 aromatic carbocycles. The summed E-state index contributed by atoms with van der Waals surface area (Å²) in [5, 5.41) is 26.1. The van der Waals surface area contributed by atoms with Crippen LogP contribution in [0.15, 0.2) is 29.6 Å². The minimum absolute atomic E-state index is 0.0282. The Morgan fingerprint density at radius 3 is 2.56 bits per heavy atom. The number of aliphatic hydroxyl groups is 2. The number of rotatable bonds is 6. The molecule has 216 valence electrons. The monoisotopic (exact) mass is 564 g/mol. The highest BCUT2D eigenvalue weighted by molar-refractivity contribution is 7.14. The molecule has 0 spiro atoms. The molecule has 2 amide bonds. The van der Waals surface area contributed by atoms with Crippen LogP contribution in [0.1, 0.15) is 26.2 Å². The number of nitrogens with one attached hydrogen (secondary N) is 1. The van der Waals surface area contributed by atoms with Crippen LogP contribution in [0.25, 0.3) is 11.3 Å². The summed E-state index contributed by atoms with van der Waals surface area (Å²) >= 11 is 1.37. The van der Waals surface area contributed by atoms with Crippen molar-refractivity contribution >= 4 is 28.3 Å². The second-order valence-corrected chi connectivity index (χ2v) is 10.4. The van der Waals surface area contributed by atoms with E-state index in [1.54, 1.807) is 12.0 Å². The number of aliphatic hydroxyl groups excluding tert-OH is 2. The van der Waals surface area contributed by atoms with E-state index in [9.17, 15) is 19.8 Å². The maximum atomic E-state index is 12.9. The number of aromatic nitrogens is 1. The fourth-order valence-electron chi connectivity index (χ4n) is 4.35. The molecule has 1 aliphatic heterocycles. The Kier molecular flexibility index (Phi) is 12.6. The molecule has 2 aromatic rings. The van der Waals surface area contributed by atoms with E-state index in [1.807, 2.05) is 29.6 Å². The Balaban J connectivity index is 1.60. The van der Waals surface area contributed by atoms with Crippen molar-refractivity contribution in [2.75, 3.05) is 65.5 Å². The van der Waals surface area contributed by atoms with Crippen LogP contribution in [0.4, 0.5) is 5.13 Å². The first-order valence-electron chi connectivity index (χ1n) is 13.1. The minimum atomic E-state index is -1.18. The highest BCUT2D eigenvalue weighted by Gasteiger charge is 2.29. The predicted molar refractivity (Wildman–Crippen MR) is 149 cm³/mol.